The van der Waals surface area contributed by atoms with Crippen molar-refractivity contribution in [2.75, 3.05) is 5.32 Å². The normalized spacial score (nSPS) is 11.9. The lowest BCUT2D eigenvalue weighted by Gasteiger charge is -2.12. The van der Waals surface area contributed by atoms with Gasteiger partial charge in [0.1, 0.15) is 0 Å². The van der Waals surface area contributed by atoms with E-state index in [0.717, 1.165) is 10.0 Å². The van der Waals surface area contributed by atoms with Crippen molar-refractivity contribution < 1.29 is 4.79 Å². The summed E-state index contributed by atoms with van der Waals surface area (Å²) in [6.45, 7) is 0. The van der Waals surface area contributed by atoms with E-state index in [4.69, 9.17) is 17.3 Å². The molecule has 104 valence electrons. The lowest BCUT2D eigenvalue weighted by Crippen LogP contribution is -2.20. The molecule has 1 unspecified atom stereocenters. The number of anilines is 1. The molecule has 1 amide bonds. The predicted molar refractivity (Wildman–Crippen MR) is 83.6 cm³/mol. The Morgan fingerprint density at radius 3 is 2.80 bits per heavy atom. The van der Waals surface area contributed by atoms with E-state index in [-0.39, 0.29) is 23.5 Å². The Balaban J connectivity index is 2.01. The molecule has 2 rings (SSSR count). The Bertz CT molecular complexity index is 607. The largest absolute Gasteiger partial charge is 0.324 e. The smallest absolute Gasteiger partial charge is 0.226 e. The summed E-state index contributed by atoms with van der Waals surface area (Å²) in [7, 11) is 0. The van der Waals surface area contributed by atoms with Crippen molar-refractivity contribution in [2.24, 2.45) is 5.73 Å². The van der Waals surface area contributed by atoms with Crippen molar-refractivity contribution >= 4 is 39.1 Å². The Morgan fingerprint density at radius 1 is 1.40 bits per heavy atom. The number of carbonyl (C=O) groups excluding carboxylic acids is 1. The fourth-order valence-electron chi connectivity index (χ4n) is 1.73. The summed E-state index contributed by atoms with van der Waals surface area (Å²) in [5.74, 6) is -0.205. The van der Waals surface area contributed by atoms with Crippen LogP contribution in [-0.2, 0) is 4.79 Å². The highest BCUT2D eigenvalue weighted by atomic mass is 79.9. The van der Waals surface area contributed by atoms with E-state index in [9.17, 15) is 4.79 Å². The number of rotatable bonds is 4. The number of halogens is 2. The van der Waals surface area contributed by atoms with Crippen LogP contribution in [0.15, 0.2) is 47.1 Å². The molecule has 0 saturated heterocycles. The zero-order chi connectivity index (χ0) is 14.5. The summed E-state index contributed by atoms with van der Waals surface area (Å²) in [5, 5.41) is 2.95. The van der Waals surface area contributed by atoms with Gasteiger partial charge in [-0.3, -0.25) is 4.79 Å². The SMILES string of the molecule is NC(CC(=O)Nc1cc(Br)cnc1Cl)c1ccccc1. The molecule has 1 aromatic heterocycles. The standard InChI is InChI=1S/C14H13BrClN3O/c15-10-6-12(14(16)18-8-10)19-13(20)7-11(17)9-4-2-1-3-5-9/h1-6,8,11H,7,17H2,(H,19,20). The third kappa shape index (κ3) is 4.03. The number of hydrogen-bond acceptors (Lipinski definition) is 3. The Morgan fingerprint density at radius 2 is 2.10 bits per heavy atom. The average molecular weight is 355 g/mol. The van der Waals surface area contributed by atoms with E-state index in [2.05, 4.69) is 26.2 Å². The molecule has 0 bridgehead atoms. The molecule has 2 aromatic rings. The van der Waals surface area contributed by atoms with Crippen LogP contribution >= 0.6 is 27.5 Å². The van der Waals surface area contributed by atoms with Gasteiger partial charge in [0.2, 0.25) is 5.91 Å². The molecule has 0 saturated carbocycles. The van der Waals surface area contributed by atoms with Crippen molar-refractivity contribution in [1.82, 2.24) is 4.98 Å². The van der Waals surface area contributed by atoms with Gasteiger partial charge in [-0.25, -0.2) is 4.98 Å². The molecule has 0 aliphatic rings. The molecule has 1 aromatic carbocycles. The molecule has 4 nitrogen and oxygen atoms in total. The van der Waals surface area contributed by atoms with Crippen molar-refractivity contribution in [1.29, 1.82) is 0 Å². The zero-order valence-electron chi connectivity index (χ0n) is 10.5. The van der Waals surface area contributed by atoms with Crippen molar-refractivity contribution in [3.8, 4) is 0 Å². The molecule has 0 aliphatic carbocycles. The van der Waals surface area contributed by atoms with Gasteiger partial charge in [0.05, 0.1) is 5.69 Å². The van der Waals surface area contributed by atoms with E-state index < -0.39 is 0 Å². The van der Waals surface area contributed by atoms with Crippen LogP contribution in [0.1, 0.15) is 18.0 Å². The highest BCUT2D eigenvalue weighted by Gasteiger charge is 2.13. The second-order valence-electron chi connectivity index (χ2n) is 4.26. The van der Waals surface area contributed by atoms with Crippen LogP contribution in [0.4, 0.5) is 5.69 Å². The predicted octanol–water partition coefficient (Wildman–Crippen LogP) is 3.53. The van der Waals surface area contributed by atoms with Gasteiger partial charge >= 0.3 is 0 Å². The summed E-state index contributed by atoms with van der Waals surface area (Å²) >= 11 is 9.19. The van der Waals surface area contributed by atoms with Gasteiger partial charge in [0.25, 0.3) is 0 Å². The molecule has 1 atom stereocenters. The van der Waals surface area contributed by atoms with Crippen molar-refractivity contribution in [3.63, 3.8) is 0 Å². The lowest BCUT2D eigenvalue weighted by atomic mass is 10.0. The van der Waals surface area contributed by atoms with Crippen molar-refractivity contribution in [2.45, 2.75) is 12.5 Å². The van der Waals surface area contributed by atoms with Gasteiger partial charge in [0, 0.05) is 23.1 Å². The minimum Gasteiger partial charge on any atom is -0.324 e. The zero-order valence-corrected chi connectivity index (χ0v) is 12.9. The summed E-state index contributed by atoms with van der Waals surface area (Å²) in [5.41, 5.74) is 7.38. The van der Waals surface area contributed by atoms with Gasteiger partial charge in [0.15, 0.2) is 5.15 Å². The highest BCUT2D eigenvalue weighted by molar-refractivity contribution is 9.10. The van der Waals surface area contributed by atoms with E-state index in [1.807, 2.05) is 30.3 Å². The van der Waals surface area contributed by atoms with E-state index >= 15 is 0 Å². The average Bonchev–Trinajstić information content (AvgIpc) is 2.43. The van der Waals surface area contributed by atoms with Crippen LogP contribution in [0.5, 0.6) is 0 Å². The molecule has 3 N–H and O–H groups in total. The Hall–Kier alpha value is -1.43. The van der Waals surface area contributed by atoms with Gasteiger partial charge in [-0.05, 0) is 27.6 Å². The van der Waals surface area contributed by atoms with Crippen LogP contribution < -0.4 is 11.1 Å². The molecular weight excluding hydrogens is 342 g/mol. The summed E-state index contributed by atoms with van der Waals surface area (Å²) < 4.78 is 0.740. The maximum Gasteiger partial charge on any atom is 0.226 e. The summed E-state index contributed by atoms with van der Waals surface area (Å²) in [4.78, 5) is 15.9. The first kappa shape index (κ1) is 15.0. The Kier molecular flexibility index (Phi) is 5.11. The molecule has 0 aliphatic heterocycles. The maximum atomic E-state index is 12.0. The number of nitrogens with zero attached hydrogens (tertiary/aromatic N) is 1. The molecule has 1 heterocycles. The molecule has 20 heavy (non-hydrogen) atoms. The van der Waals surface area contributed by atoms with Gasteiger partial charge in [-0.1, -0.05) is 41.9 Å². The molecule has 0 fully saturated rings. The first-order valence-electron chi connectivity index (χ1n) is 5.97. The number of aromatic nitrogens is 1. The highest BCUT2D eigenvalue weighted by Crippen LogP contribution is 2.23. The number of benzene rings is 1. The topological polar surface area (TPSA) is 68.0 Å². The third-order valence-corrected chi connectivity index (χ3v) is 3.45. The number of carbonyl (C=O) groups is 1. The van der Waals surface area contributed by atoms with E-state index in [1.165, 1.54) is 0 Å². The van der Waals surface area contributed by atoms with Crippen LogP contribution in [-0.4, -0.2) is 10.9 Å². The fourth-order valence-corrected chi connectivity index (χ4v) is 2.21. The second-order valence-corrected chi connectivity index (χ2v) is 5.54. The minimum atomic E-state index is -0.352. The van der Waals surface area contributed by atoms with Crippen LogP contribution in [0, 0.1) is 0 Å². The van der Waals surface area contributed by atoms with Gasteiger partial charge in [-0.15, -0.1) is 0 Å². The lowest BCUT2D eigenvalue weighted by molar-refractivity contribution is -0.116. The number of nitrogens with one attached hydrogen (secondary N) is 1. The second kappa shape index (κ2) is 6.83. The van der Waals surface area contributed by atoms with E-state index in [1.54, 1.807) is 12.3 Å². The van der Waals surface area contributed by atoms with Gasteiger partial charge in [-0.2, -0.15) is 0 Å². The van der Waals surface area contributed by atoms with Crippen LogP contribution in [0.2, 0.25) is 5.15 Å². The van der Waals surface area contributed by atoms with E-state index in [0.29, 0.717) is 5.69 Å². The number of nitrogens with two attached hydrogens (primary N) is 1. The fraction of sp³-hybridized carbons (Fsp3) is 0.143. The van der Waals surface area contributed by atoms with Gasteiger partial charge < -0.3 is 11.1 Å². The minimum absolute atomic E-state index is 0.173. The third-order valence-electron chi connectivity index (χ3n) is 2.71. The summed E-state index contributed by atoms with van der Waals surface area (Å²) in [6.07, 6.45) is 1.74. The van der Waals surface area contributed by atoms with Crippen LogP contribution in [0.3, 0.4) is 0 Å². The first-order valence-corrected chi connectivity index (χ1v) is 7.15. The Labute approximate surface area is 130 Å². The van der Waals surface area contributed by atoms with Crippen molar-refractivity contribution in [3.05, 3.63) is 57.8 Å². The number of hydrogen-bond donors (Lipinski definition) is 2. The quantitative estimate of drug-likeness (QED) is 0.825. The molecule has 6 heteroatoms. The number of pyridine rings is 1. The number of amides is 1. The monoisotopic (exact) mass is 353 g/mol. The van der Waals surface area contributed by atoms with Crippen LogP contribution in [0.25, 0.3) is 0 Å². The molecule has 0 spiro atoms. The summed E-state index contributed by atoms with van der Waals surface area (Å²) in [6, 6.07) is 10.8. The maximum absolute atomic E-state index is 12.0. The first-order chi connectivity index (χ1) is 9.56. The molecular formula is C14H13BrClN3O. The molecule has 0 radical (unpaired) electrons.